The van der Waals surface area contributed by atoms with Crippen LogP contribution in [0.25, 0.3) is 0 Å². The van der Waals surface area contributed by atoms with Crippen molar-refractivity contribution < 1.29 is 14.3 Å². The van der Waals surface area contributed by atoms with Gasteiger partial charge in [-0.05, 0) is 43.7 Å². The standard InChI is InChI=1S/C18H17N3O3/c1-11-5-3-8-15(16(11)20)18(23)24-12(2)17(22)21-14-7-4-6-13(9-14)10-19/h3-9,12H,20H2,1-2H3,(H,21,22)/t12-/m1/s1. The molecule has 0 spiro atoms. The van der Waals surface area contributed by atoms with Gasteiger partial charge in [-0.15, -0.1) is 0 Å². The van der Waals surface area contributed by atoms with Gasteiger partial charge in [-0.25, -0.2) is 4.79 Å². The topological polar surface area (TPSA) is 105 Å². The van der Waals surface area contributed by atoms with Gasteiger partial charge in [0.1, 0.15) is 0 Å². The van der Waals surface area contributed by atoms with E-state index in [1.54, 1.807) is 43.3 Å². The van der Waals surface area contributed by atoms with E-state index in [0.29, 0.717) is 16.9 Å². The lowest BCUT2D eigenvalue weighted by Crippen LogP contribution is -2.30. The van der Waals surface area contributed by atoms with Crippen LogP contribution in [-0.4, -0.2) is 18.0 Å². The van der Waals surface area contributed by atoms with Crippen molar-refractivity contribution in [3.8, 4) is 6.07 Å². The number of carbonyl (C=O) groups is 2. The lowest BCUT2D eigenvalue weighted by Gasteiger charge is -2.15. The highest BCUT2D eigenvalue weighted by Gasteiger charge is 2.21. The van der Waals surface area contributed by atoms with E-state index in [1.165, 1.54) is 13.0 Å². The number of anilines is 2. The van der Waals surface area contributed by atoms with Crippen LogP contribution in [0.2, 0.25) is 0 Å². The summed E-state index contributed by atoms with van der Waals surface area (Å²) in [6, 6.07) is 13.5. The molecular formula is C18H17N3O3. The second-order valence-electron chi connectivity index (χ2n) is 5.27. The molecule has 0 aliphatic carbocycles. The molecule has 0 radical (unpaired) electrons. The average Bonchev–Trinajstić information content (AvgIpc) is 2.57. The molecule has 0 fully saturated rings. The van der Waals surface area contributed by atoms with Gasteiger partial charge in [-0.1, -0.05) is 18.2 Å². The highest BCUT2D eigenvalue weighted by atomic mass is 16.5. The number of nitrogen functional groups attached to an aromatic ring is 1. The van der Waals surface area contributed by atoms with Crippen molar-refractivity contribution in [2.24, 2.45) is 0 Å². The van der Waals surface area contributed by atoms with Crippen molar-refractivity contribution >= 4 is 23.3 Å². The third-order valence-electron chi connectivity index (χ3n) is 3.46. The van der Waals surface area contributed by atoms with Gasteiger partial charge in [-0.2, -0.15) is 5.26 Å². The molecule has 2 rings (SSSR count). The van der Waals surface area contributed by atoms with Gasteiger partial charge in [0, 0.05) is 11.4 Å². The van der Waals surface area contributed by atoms with E-state index in [9.17, 15) is 9.59 Å². The summed E-state index contributed by atoms with van der Waals surface area (Å²) < 4.78 is 5.17. The van der Waals surface area contributed by atoms with Gasteiger partial charge < -0.3 is 15.8 Å². The van der Waals surface area contributed by atoms with Crippen molar-refractivity contribution in [1.82, 2.24) is 0 Å². The van der Waals surface area contributed by atoms with Crippen LogP contribution in [0.4, 0.5) is 11.4 Å². The van der Waals surface area contributed by atoms with Crippen LogP contribution in [0.3, 0.4) is 0 Å². The van der Waals surface area contributed by atoms with Gasteiger partial charge in [0.25, 0.3) is 5.91 Å². The molecule has 6 nitrogen and oxygen atoms in total. The van der Waals surface area contributed by atoms with Gasteiger partial charge >= 0.3 is 5.97 Å². The Morgan fingerprint density at radius 2 is 1.96 bits per heavy atom. The van der Waals surface area contributed by atoms with Crippen molar-refractivity contribution in [1.29, 1.82) is 5.26 Å². The number of benzene rings is 2. The van der Waals surface area contributed by atoms with E-state index in [1.807, 2.05) is 6.07 Å². The van der Waals surface area contributed by atoms with E-state index >= 15 is 0 Å². The summed E-state index contributed by atoms with van der Waals surface area (Å²) in [7, 11) is 0. The second kappa shape index (κ2) is 7.29. The molecule has 1 atom stereocenters. The predicted molar refractivity (Wildman–Crippen MR) is 90.3 cm³/mol. The Balaban J connectivity index is 2.04. The van der Waals surface area contributed by atoms with Crippen LogP contribution in [0.5, 0.6) is 0 Å². The maximum Gasteiger partial charge on any atom is 0.341 e. The highest BCUT2D eigenvalue weighted by molar-refractivity contribution is 5.99. The fourth-order valence-electron chi connectivity index (χ4n) is 2.05. The van der Waals surface area contributed by atoms with Crippen LogP contribution in [0.15, 0.2) is 42.5 Å². The van der Waals surface area contributed by atoms with Crippen molar-refractivity contribution in [2.75, 3.05) is 11.1 Å². The minimum absolute atomic E-state index is 0.223. The molecule has 2 aromatic rings. The Kier molecular flexibility index (Phi) is 5.17. The lowest BCUT2D eigenvalue weighted by molar-refractivity contribution is -0.123. The van der Waals surface area contributed by atoms with Gasteiger partial charge in [0.05, 0.1) is 17.2 Å². The summed E-state index contributed by atoms with van der Waals surface area (Å²) in [5.41, 5.74) is 8.05. The summed E-state index contributed by atoms with van der Waals surface area (Å²) in [6.07, 6.45) is -1.01. The molecule has 0 aliphatic heterocycles. The third kappa shape index (κ3) is 3.90. The molecule has 2 aromatic carbocycles. The van der Waals surface area contributed by atoms with Crippen LogP contribution in [-0.2, 0) is 9.53 Å². The number of nitrogens with zero attached hydrogens (tertiary/aromatic N) is 1. The fraction of sp³-hybridized carbons (Fsp3) is 0.167. The third-order valence-corrected chi connectivity index (χ3v) is 3.46. The molecule has 122 valence electrons. The Bertz CT molecular complexity index is 824. The maximum absolute atomic E-state index is 12.2. The minimum Gasteiger partial charge on any atom is -0.449 e. The van der Waals surface area contributed by atoms with Crippen LogP contribution >= 0.6 is 0 Å². The number of ether oxygens (including phenoxy) is 1. The quantitative estimate of drug-likeness (QED) is 0.664. The SMILES string of the molecule is Cc1cccc(C(=O)O[C@H](C)C(=O)Nc2cccc(C#N)c2)c1N. The first-order chi connectivity index (χ1) is 11.4. The summed E-state index contributed by atoms with van der Waals surface area (Å²) >= 11 is 0. The number of aryl methyl sites for hydroxylation is 1. The molecule has 0 aromatic heterocycles. The van der Waals surface area contributed by atoms with Crippen LogP contribution < -0.4 is 11.1 Å². The van der Waals surface area contributed by atoms with E-state index in [-0.39, 0.29) is 5.56 Å². The summed E-state index contributed by atoms with van der Waals surface area (Å²) in [6.45, 7) is 3.25. The molecule has 0 saturated heterocycles. The zero-order valence-electron chi connectivity index (χ0n) is 13.4. The van der Waals surface area contributed by atoms with Gasteiger partial charge in [0.2, 0.25) is 0 Å². The number of carbonyl (C=O) groups excluding carboxylic acids is 2. The molecule has 1 amide bonds. The number of esters is 1. The lowest BCUT2D eigenvalue weighted by atomic mass is 10.1. The fourth-order valence-corrected chi connectivity index (χ4v) is 2.05. The first-order valence-electron chi connectivity index (χ1n) is 7.29. The molecule has 6 heteroatoms. The normalized spacial score (nSPS) is 11.2. The molecular weight excluding hydrogens is 306 g/mol. The molecule has 24 heavy (non-hydrogen) atoms. The predicted octanol–water partition coefficient (Wildman–Crippen LogP) is 2.63. The number of hydrogen-bond donors (Lipinski definition) is 2. The zero-order valence-corrected chi connectivity index (χ0v) is 13.4. The van der Waals surface area contributed by atoms with Crippen molar-refractivity contribution in [3.05, 3.63) is 59.2 Å². The maximum atomic E-state index is 12.2. The average molecular weight is 323 g/mol. The Labute approximate surface area is 139 Å². The Morgan fingerprint density at radius 3 is 2.67 bits per heavy atom. The number of amides is 1. The minimum atomic E-state index is -1.01. The number of para-hydroxylation sites is 1. The van der Waals surface area contributed by atoms with Crippen molar-refractivity contribution in [2.45, 2.75) is 20.0 Å². The van der Waals surface area contributed by atoms with Crippen molar-refractivity contribution in [3.63, 3.8) is 0 Å². The number of nitriles is 1. The first kappa shape index (κ1) is 17.0. The summed E-state index contributed by atoms with van der Waals surface area (Å²) in [5, 5.41) is 11.5. The number of nitrogens with two attached hydrogens (primary N) is 1. The molecule has 0 saturated carbocycles. The summed E-state index contributed by atoms with van der Waals surface area (Å²) in [4.78, 5) is 24.3. The first-order valence-corrected chi connectivity index (χ1v) is 7.29. The van der Waals surface area contributed by atoms with Gasteiger partial charge in [-0.3, -0.25) is 4.79 Å². The smallest absolute Gasteiger partial charge is 0.341 e. The van der Waals surface area contributed by atoms with Crippen LogP contribution in [0, 0.1) is 18.3 Å². The molecule has 3 N–H and O–H groups in total. The zero-order chi connectivity index (χ0) is 17.7. The second-order valence-corrected chi connectivity index (χ2v) is 5.27. The van der Waals surface area contributed by atoms with E-state index in [4.69, 9.17) is 15.7 Å². The molecule has 0 unspecified atom stereocenters. The highest BCUT2D eigenvalue weighted by Crippen LogP contribution is 2.18. The van der Waals surface area contributed by atoms with Gasteiger partial charge in [0.15, 0.2) is 6.10 Å². The Hall–Kier alpha value is -3.33. The monoisotopic (exact) mass is 323 g/mol. The molecule has 0 aliphatic rings. The number of nitrogens with one attached hydrogen (secondary N) is 1. The largest absolute Gasteiger partial charge is 0.449 e. The number of hydrogen-bond acceptors (Lipinski definition) is 5. The Morgan fingerprint density at radius 1 is 1.25 bits per heavy atom. The van der Waals surface area contributed by atoms with E-state index in [2.05, 4.69) is 5.32 Å². The van der Waals surface area contributed by atoms with E-state index < -0.39 is 18.0 Å². The van der Waals surface area contributed by atoms with Crippen LogP contribution in [0.1, 0.15) is 28.4 Å². The van der Waals surface area contributed by atoms with E-state index in [0.717, 1.165) is 5.56 Å². The number of rotatable bonds is 4. The molecule has 0 heterocycles. The summed E-state index contributed by atoms with van der Waals surface area (Å²) in [5.74, 6) is -1.16. The molecule has 0 bridgehead atoms.